The van der Waals surface area contributed by atoms with Crippen molar-refractivity contribution in [3.8, 4) is 75.1 Å². The lowest BCUT2D eigenvalue weighted by Gasteiger charge is -2.18. The zero-order valence-electron chi connectivity index (χ0n) is 31.6. The highest BCUT2D eigenvalue weighted by Gasteiger charge is 2.22. The van der Waals surface area contributed by atoms with E-state index in [0.29, 0.717) is 27.8 Å². The zero-order chi connectivity index (χ0) is 40.9. The van der Waals surface area contributed by atoms with Crippen molar-refractivity contribution in [1.29, 1.82) is 26.3 Å². The van der Waals surface area contributed by atoms with Gasteiger partial charge < -0.3 is 9.13 Å². The third-order valence-electron chi connectivity index (χ3n) is 11.1. The van der Waals surface area contributed by atoms with Crippen LogP contribution in [-0.4, -0.2) is 14.1 Å². The summed E-state index contributed by atoms with van der Waals surface area (Å²) in [5.74, 6) is 0. The van der Waals surface area contributed by atoms with E-state index in [0.717, 1.165) is 88.4 Å². The molecule has 0 spiro atoms. The molecule has 274 valence electrons. The van der Waals surface area contributed by atoms with Gasteiger partial charge >= 0.3 is 0 Å². The highest BCUT2D eigenvalue weighted by molar-refractivity contribution is 6.12. The van der Waals surface area contributed by atoms with Crippen LogP contribution in [0.4, 0.5) is 0 Å². The lowest BCUT2D eigenvalue weighted by Crippen LogP contribution is -2.02. The van der Waals surface area contributed by atoms with Gasteiger partial charge in [0.05, 0.1) is 97.8 Å². The van der Waals surface area contributed by atoms with E-state index in [9.17, 15) is 26.3 Å². The van der Waals surface area contributed by atoms with E-state index in [-0.39, 0.29) is 0 Å². The highest BCUT2D eigenvalue weighted by Crippen LogP contribution is 2.42. The van der Waals surface area contributed by atoms with Gasteiger partial charge in [0.2, 0.25) is 0 Å². The Hall–Kier alpha value is -9.26. The summed E-state index contributed by atoms with van der Waals surface area (Å²) < 4.78 is 4.42. The van der Waals surface area contributed by atoms with Crippen LogP contribution < -0.4 is 0 Å². The van der Waals surface area contributed by atoms with Crippen LogP contribution in [-0.2, 0) is 0 Å². The van der Waals surface area contributed by atoms with Crippen LogP contribution in [0.5, 0.6) is 0 Å². The molecule has 3 heterocycles. The second-order valence-electron chi connectivity index (χ2n) is 14.5. The number of benzene rings is 7. The van der Waals surface area contributed by atoms with Crippen molar-refractivity contribution in [2.24, 2.45) is 0 Å². The molecule has 0 unspecified atom stereocenters. The lowest BCUT2D eigenvalue weighted by molar-refractivity contribution is 1.13. The molecular formula is C52H26N8. The Kier molecular flexibility index (Phi) is 8.23. The van der Waals surface area contributed by atoms with Crippen molar-refractivity contribution < 1.29 is 0 Å². The molecule has 0 N–H and O–H groups in total. The van der Waals surface area contributed by atoms with Crippen molar-refractivity contribution in [2.75, 3.05) is 0 Å². The van der Waals surface area contributed by atoms with Crippen LogP contribution in [0.25, 0.3) is 88.4 Å². The van der Waals surface area contributed by atoms with Gasteiger partial charge in [0.15, 0.2) is 0 Å². The van der Waals surface area contributed by atoms with Gasteiger partial charge in [0, 0.05) is 38.9 Å². The predicted octanol–water partition coefficient (Wildman–Crippen LogP) is 11.6. The number of rotatable bonds is 5. The third-order valence-corrected chi connectivity index (χ3v) is 11.1. The molecule has 0 fully saturated rings. The van der Waals surface area contributed by atoms with Crippen molar-refractivity contribution >= 4 is 43.6 Å². The number of hydrogen-bond donors (Lipinski definition) is 0. The van der Waals surface area contributed by atoms with Crippen molar-refractivity contribution in [3.05, 3.63) is 186 Å². The van der Waals surface area contributed by atoms with E-state index in [1.54, 1.807) is 42.6 Å². The maximum Gasteiger partial charge on any atom is 0.0992 e. The summed E-state index contributed by atoms with van der Waals surface area (Å²) in [5, 5.41) is 53.0. The molecule has 8 nitrogen and oxygen atoms in total. The molecule has 0 aliphatic carbocycles. The molecule has 0 aliphatic rings. The van der Waals surface area contributed by atoms with Gasteiger partial charge in [-0.25, -0.2) is 0 Å². The topological polar surface area (TPSA) is 142 Å². The molecule has 0 aliphatic heterocycles. The van der Waals surface area contributed by atoms with Crippen molar-refractivity contribution in [3.63, 3.8) is 0 Å². The molecule has 0 saturated heterocycles. The fourth-order valence-electron chi connectivity index (χ4n) is 8.48. The van der Waals surface area contributed by atoms with Crippen molar-refractivity contribution in [2.45, 2.75) is 0 Å². The summed E-state index contributed by atoms with van der Waals surface area (Å²) in [6, 6.07) is 58.0. The summed E-state index contributed by atoms with van der Waals surface area (Å²) in [6.07, 6.45) is 3.65. The van der Waals surface area contributed by atoms with Crippen LogP contribution >= 0.6 is 0 Å². The quantitative estimate of drug-likeness (QED) is 0.171. The van der Waals surface area contributed by atoms with E-state index < -0.39 is 0 Å². The standard InChI is InChI=1S/C52H26N8/c53-26-32-9-12-43(51(23-32)59-47-7-3-1-5-41(47)45-24-37(10-13-49(45)59)39-19-33(27-54)17-34(20-39)28-55)44-15-16-58-31-52(44)60-48-8-4-2-6-42(48)46-25-38(11-14-50(46)60)40-21-35(29-56)18-36(22-40)30-57/h1-25,31H. The number of fused-ring (bicyclic) bond motifs is 6. The molecular weight excluding hydrogens is 737 g/mol. The molecule has 8 heteroatoms. The molecule has 0 atom stereocenters. The first-order valence-corrected chi connectivity index (χ1v) is 19.0. The number of aromatic nitrogens is 3. The van der Waals surface area contributed by atoms with E-state index in [4.69, 9.17) is 0 Å². The van der Waals surface area contributed by atoms with E-state index >= 15 is 0 Å². The van der Waals surface area contributed by atoms with E-state index in [1.165, 1.54) is 0 Å². The largest absolute Gasteiger partial charge is 0.309 e. The van der Waals surface area contributed by atoms with E-state index in [1.807, 2.05) is 66.9 Å². The molecule has 0 radical (unpaired) electrons. The van der Waals surface area contributed by atoms with Crippen LogP contribution in [0.1, 0.15) is 27.8 Å². The first-order chi connectivity index (χ1) is 29.5. The van der Waals surface area contributed by atoms with Gasteiger partial charge in [-0.2, -0.15) is 26.3 Å². The summed E-state index contributed by atoms with van der Waals surface area (Å²) in [6.45, 7) is 0. The Bertz CT molecular complexity index is 3620. The second kappa shape index (κ2) is 14.0. The van der Waals surface area contributed by atoms with Gasteiger partial charge in [-0.05, 0) is 113 Å². The normalized spacial score (nSPS) is 10.9. The van der Waals surface area contributed by atoms with Gasteiger partial charge in [-0.15, -0.1) is 0 Å². The SMILES string of the molecule is N#Cc1cc(C#N)cc(-c2ccc3c(c2)c2ccccc2n3-c2cnccc2-c2ccc(C#N)cc2-n2c3ccccc3c3cc(-c4cc(C#N)cc(C#N)c4)ccc32)c1. The monoisotopic (exact) mass is 762 g/mol. The average molecular weight is 763 g/mol. The maximum atomic E-state index is 10.2. The number of nitrogens with zero attached hydrogens (tertiary/aromatic N) is 8. The highest BCUT2D eigenvalue weighted by atomic mass is 15.0. The smallest absolute Gasteiger partial charge is 0.0992 e. The first kappa shape index (κ1) is 35.2. The molecule has 10 rings (SSSR count). The summed E-state index contributed by atoms with van der Waals surface area (Å²) in [7, 11) is 0. The average Bonchev–Trinajstić information content (AvgIpc) is 3.83. The Morgan fingerprint density at radius 1 is 0.350 bits per heavy atom. The third kappa shape index (κ3) is 5.61. The van der Waals surface area contributed by atoms with Gasteiger partial charge in [-0.1, -0.05) is 54.6 Å². The minimum Gasteiger partial charge on any atom is -0.309 e. The Labute approximate surface area is 343 Å². The summed E-state index contributed by atoms with van der Waals surface area (Å²) >= 11 is 0. The number of pyridine rings is 1. The molecule has 0 amide bonds. The predicted molar refractivity (Wildman–Crippen MR) is 233 cm³/mol. The summed E-state index contributed by atoms with van der Waals surface area (Å²) in [4.78, 5) is 4.65. The molecule has 10 aromatic rings. The Morgan fingerprint density at radius 2 is 0.800 bits per heavy atom. The fraction of sp³-hybridized carbons (Fsp3) is 0. The maximum absolute atomic E-state index is 10.2. The summed E-state index contributed by atoms with van der Waals surface area (Å²) in [5.41, 5.74) is 12.8. The first-order valence-electron chi connectivity index (χ1n) is 19.0. The number of nitriles is 5. The van der Waals surface area contributed by atoms with E-state index in [2.05, 4.69) is 93.0 Å². The van der Waals surface area contributed by atoms with Crippen molar-refractivity contribution in [1.82, 2.24) is 14.1 Å². The number of hydrogen-bond acceptors (Lipinski definition) is 6. The van der Waals surface area contributed by atoms with Gasteiger partial charge in [0.25, 0.3) is 0 Å². The molecule has 3 aromatic heterocycles. The molecule has 0 saturated carbocycles. The molecule has 0 bridgehead atoms. The number of para-hydroxylation sites is 2. The minimum absolute atomic E-state index is 0.418. The molecule has 7 aromatic carbocycles. The second-order valence-corrected chi connectivity index (χ2v) is 14.5. The van der Waals surface area contributed by atoms with Crippen LogP contribution in [0.15, 0.2) is 158 Å². The fourth-order valence-corrected chi connectivity index (χ4v) is 8.48. The Morgan fingerprint density at radius 3 is 1.30 bits per heavy atom. The van der Waals surface area contributed by atoms with Crippen LogP contribution in [0, 0.1) is 56.7 Å². The van der Waals surface area contributed by atoms with Gasteiger partial charge in [0.1, 0.15) is 0 Å². The van der Waals surface area contributed by atoms with Crippen LogP contribution in [0.3, 0.4) is 0 Å². The minimum atomic E-state index is 0.418. The molecule has 60 heavy (non-hydrogen) atoms. The zero-order valence-corrected chi connectivity index (χ0v) is 31.6. The van der Waals surface area contributed by atoms with Crippen LogP contribution in [0.2, 0.25) is 0 Å². The lowest BCUT2D eigenvalue weighted by atomic mass is 9.98. The van der Waals surface area contributed by atoms with Gasteiger partial charge in [-0.3, -0.25) is 4.98 Å². The Balaban J connectivity index is 1.20.